The van der Waals surface area contributed by atoms with Gasteiger partial charge in [-0.2, -0.15) is 16.8 Å². The van der Waals surface area contributed by atoms with Crippen LogP contribution in [0.2, 0.25) is 0 Å². The number of rotatable bonds is 6. The fourth-order valence-electron chi connectivity index (χ4n) is 6.21. The van der Waals surface area contributed by atoms with Gasteiger partial charge in [0.25, 0.3) is 20.2 Å². The summed E-state index contributed by atoms with van der Waals surface area (Å²) in [7, 11) is -9.14. The van der Waals surface area contributed by atoms with Crippen molar-refractivity contribution in [2.75, 3.05) is 10.6 Å². The van der Waals surface area contributed by atoms with E-state index in [4.69, 9.17) is 0 Å². The lowest BCUT2D eigenvalue weighted by atomic mass is 9.82. The fourth-order valence-corrected chi connectivity index (χ4v) is 8.12. The van der Waals surface area contributed by atoms with Crippen LogP contribution in [0.3, 0.4) is 0 Å². The second-order valence-electron chi connectivity index (χ2n) is 11.0. The quantitative estimate of drug-likeness (QED) is 0.156. The minimum Gasteiger partial charge on any atom is -0.354 e. The van der Waals surface area contributed by atoms with Crippen LogP contribution in [0, 0.1) is 41.5 Å². The Kier molecular flexibility index (Phi) is 7.53. The Morgan fingerprint density at radius 3 is 1.20 bits per heavy atom. The smallest absolute Gasteiger partial charge is 0.295 e. The Morgan fingerprint density at radius 1 is 0.545 bits per heavy atom. The molecule has 4 N–H and O–H groups in total. The standard InChI is InChI=1S/C32H30N2O8S2/c1-15-13-17(3)31(43(37,38)39)19(5)27(15)33-23-11-12-24(26-25(23)29(35)21-9-7-8-10-22(21)30(26)36)34-28-16(2)14-18(4)32(20(28)6)44(40,41)42/h7-14,33-34H,1-6H3,(H,37,38,39)(H,40,41,42). The maximum atomic E-state index is 14.0. The highest BCUT2D eigenvalue weighted by Gasteiger charge is 2.35. The zero-order valence-electron chi connectivity index (χ0n) is 24.8. The average Bonchev–Trinajstić information content (AvgIpc) is 2.90. The van der Waals surface area contributed by atoms with Crippen LogP contribution in [0.1, 0.15) is 65.2 Å². The van der Waals surface area contributed by atoms with E-state index in [0.29, 0.717) is 33.6 Å². The fraction of sp³-hybridized carbons (Fsp3) is 0.188. The molecule has 1 aliphatic carbocycles. The van der Waals surface area contributed by atoms with Gasteiger partial charge in [0.1, 0.15) is 9.79 Å². The SMILES string of the molecule is Cc1cc(C)c(S(=O)(=O)O)c(C)c1Nc1ccc(Nc2c(C)cc(C)c(S(=O)(=O)O)c2C)c2c1C(=O)c1ccccc1C2=O. The van der Waals surface area contributed by atoms with Crippen molar-refractivity contribution < 1.29 is 35.5 Å². The summed E-state index contributed by atoms with van der Waals surface area (Å²) in [6.45, 7) is 9.69. The molecule has 4 aromatic carbocycles. The van der Waals surface area contributed by atoms with Crippen LogP contribution in [-0.4, -0.2) is 37.5 Å². The minimum absolute atomic E-state index is 0.0314. The molecule has 0 atom stereocenters. The molecule has 228 valence electrons. The third kappa shape index (κ3) is 5.09. The number of nitrogens with one attached hydrogen (secondary N) is 2. The van der Waals surface area contributed by atoms with Crippen molar-refractivity contribution in [3.8, 4) is 0 Å². The molecule has 10 nitrogen and oxygen atoms in total. The van der Waals surface area contributed by atoms with E-state index in [2.05, 4.69) is 10.6 Å². The van der Waals surface area contributed by atoms with Crippen molar-refractivity contribution >= 4 is 54.6 Å². The molecule has 0 unspecified atom stereocenters. The van der Waals surface area contributed by atoms with E-state index < -0.39 is 31.8 Å². The Morgan fingerprint density at radius 2 is 0.886 bits per heavy atom. The first-order chi connectivity index (χ1) is 20.4. The molecular weight excluding hydrogens is 604 g/mol. The van der Waals surface area contributed by atoms with Crippen LogP contribution in [0.25, 0.3) is 0 Å². The summed E-state index contributed by atoms with van der Waals surface area (Å²) in [5.74, 6) is -0.899. The lowest BCUT2D eigenvalue weighted by Gasteiger charge is -2.26. The van der Waals surface area contributed by atoms with E-state index in [1.54, 1.807) is 76.2 Å². The molecule has 0 aliphatic heterocycles. The first-order valence-corrected chi connectivity index (χ1v) is 16.4. The van der Waals surface area contributed by atoms with Gasteiger partial charge >= 0.3 is 0 Å². The summed E-state index contributed by atoms with van der Waals surface area (Å²) < 4.78 is 68.6. The highest BCUT2D eigenvalue weighted by molar-refractivity contribution is 7.86. The van der Waals surface area contributed by atoms with Gasteiger partial charge in [-0.05, 0) is 87.1 Å². The summed E-state index contributed by atoms with van der Waals surface area (Å²) in [5.41, 5.74) is 4.04. The first-order valence-electron chi connectivity index (χ1n) is 13.5. The highest BCUT2D eigenvalue weighted by Crippen LogP contribution is 2.42. The molecule has 0 fully saturated rings. The van der Waals surface area contributed by atoms with Crippen LogP contribution in [0.5, 0.6) is 0 Å². The molecule has 0 saturated heterocycles. The van der Waals surface area contributed by atoms with E-state index >= 15 is 0 Å². The zero-order valence-corrected chi connectivity index (χ0v) is 26.4. The van der Waals surface area contributed by atoms with Crippen molar-refractivity contribution in [3.63, 3.8) is 0 Å². The van der Waals surface area contributed by atoms with Gasteiger partial charge in [-0.3, -0.25) is 18.7 Å². The predicted octanol–water partition coefficient (Wildman–Crippen LogP) is 6.29. The van der Waals surface area contributed by atoms with Crippen LogP contribution in [-0.2, 0) is 20.2 Å². The Balaban J connectivity index is 1.76. The van der Waals surface area contributed by atoms with Gasteiger partial charge in [0.05, 0.1) is 22.5 Å². The van der Waals surface area contributed by atoms with Crippen molar-refractivity contribution in [2.24, 2.45) is 0 Å². The van der Waals surface area contributed by atoms with Crippen LogP contribution < -0.4 is 10.6 Å². The molecule has 0 saturated carbocycles. The Hall–Kier alpha value is -4.36. The number of benzene rings is 4. The predicted molar refractivity (Wildman–Crippen MR) is 167 cm³/mol. The highest BCUT2D eigenvalue weighted by atomic mass is 32.2. The molecule has 5 rings (SSSR count). The van der Waals surface area contributed by atoms with Crippen LogP contribution in [0.15, 0.2) is 58.3 Å². The number of fused-ring (bicyclic) bond motifs is 2. The molecule has 0 amide bonds. The number of carbonyl (C=O) groups is 2. The molecule has 0 heterocycles. The molecular formula is C32H30N2O8S2. The second-order valence-corrected chi connectivity index (χ2v) is 13.7. The van der Waals surface area contributed by atoms with E-state index in [0.717, 1.165) is 0 Å². The lowest BCUT2D eigenvalue weighted by molar-refractivity contribution is 0.0980. The van der Waals surface area contributed by atoms with E-state index in [9.17, 15) is 35.5 Å². The van der Waals surface area contributed by atoms with Crippen molar-refractivity contribution in [2.45, 2.75) is 51.3 Å². The molecule has 12 heteroatoms. The van der Waals surface area contributed by atoms with Crippen LogP contribution in [0.4, 0.5) is 22.7 Å². The van der Waals surface area contributed by atoms with Gasteiger partial charge in [-0.15, -0.1) is 0 Å². The largest absolute Gasteiger partial charge is 0.354 e. The molecule has 0 spiro atoms. The van der Waals surface area contributed by atoms with Crippen molar-refractivity contribution in [1.29, 1.82) is 0 Å². The van der Waals surface area contributed by atoms with E-state index in [-0.39, 0.29) is 54.5 Å². The number of hydrogen-bond acceptors (Lipinski definition) is 8. The summed E-state index contributed by atoms with van der Waals surface area (Å²) in [5, 5.41) is 6.30. The average molecular weight is 635 g/mol. The summed E-state index contributed by atoms with van der Waals surface area (Å²) in [4.78, 5) is 27.5. The van der Waals surface area contributed by atoms with Gasteiger partial charge in [0.2, 0.25) is 0 Å². The third-order valence-corrected chi connectivity index (χ3v) is 10.2. The van der Waals surface area contributed by atoms with Crippen LogP contribution >= 0.6 is 0 Å². The molecule has 0 aromatic heterocycles. The zero-order chi connectivity index (χ0) is 32.5. The summed E-state index contributed by atoms with van der Waals surface area (Å²) in [6, 6.07) is 12.7. The van der Waals surface area contributed by atoms with Gasteiger partial charge < -0.3 is 10.6 Å². The number of carbonyl (C=O) groups excluding carboxylic acids is 2. The van der Waals surface area contributed by atoms with Crippen molar-refractivity contribution in [3.05, 3.63) is 104 Å². The first kappa shape index (κ1) is 31.1. The molecule has 4 aromatic rings. The van der Waals surface area contributed by atoms with Gasteiger partial charge in [0.15, 0.2) is 11.6 Å². The van der Waals surface area contributed by atoms with E-state index in [1.165, 1.54) is 13.8 Å². The maximum Gasteiger partial charge on any atom is 0.295 e. The molecule has 44 heavy (non-hydrogen) atoms. The topological polar surface area (TPSA) is 167 Å². The Bertz CT molecular complexity index is 2020. The molecule has 0 bridgehead atoms. The number of aryl methyl sites for hydroxylation is 4. The Labute approximate surface area is 255 Å². The monoisotopic (exact) mass is 634 g/mol. The molecule has 1 aliphatic rings. The van der Waals surface area contributed by atoms with Crippen molar-refractivity contribution in [1.82, 2.24) is 0 Å². The number of ketones is 2. The maximum absolute atomic E-state index is 14.0. The second kappa shape index (κ2) is 10.7. The number of anilines is 4. The lowest BCUT2D eigenvalue weighted by Crippen LogP contribution is -2.24. The van der Waals surface area contributed by atoms with Gasteiger partial charge in [0, 0.05) is 22.5 Å². The van der Waals surface area contributed by atoms with Gasteiger partial charge in [-0.25, -0.2) is 0 Å². The molecule has 0 radical (unpaired) electrons. The number of hydrogen-bond donors (Lipinski definition) is 4. The summed E-state index contributed by atoms with van der Waals surface area (Å²) >= 11 is 0. The third-order valence-electron chi connectivity index (χ3n) is 7.91. The normalized spacial score (nSPS) is 13.0. The van der Waals surface area contributed by atoms with Gasteiger partial charge in [-0.1, -0.05) is 36.4 Å². The summed E-state index contributed by atoms with van der Waals surface area (Å²) in [6.07, 6.45) is 0. The minimum atomic E-state index is -4.57. The van der Waals surface area contributed by atoms with E-state index in [1.807, 2.05) is 0 Å².